The van der Waals surface area contributed by atoms with Gasteiger partial charge in [0.15, 0.2) is 5.78 Å². The molecular weight excluding hydrogens is 476 g/mol. The number of amides is 1. The summed E-state index contributed by atoms with van der Waals surface area (Å²) >= 11 is 0. The number of pyridine rings is 1. The van der Waals surface area contributed by atoms with Gasteiger partial charge in [0.05, 0.1) is 18.6 Å². The smallest absolute Gasteiger partial charge is 0.217 e. The second-order valence-electron chi connectivity index (χ2n) is 10.9. The normalized spacial score (nSPS) is 18.9. The van der Waals surface area contributed by atoms with Crippen LogP contribution < -0.4 is 5.73 Å². The van der Waals surface area contributed by atoms with Crippen LogP contribution in [-0.2, 0) is 16.0 Å². The fraction of sp³-hybridized carbons (Fsp3) is 0.531. The van der Waals surface area contributed by atoms with Gasteiger partial charge in [0.1, 0.15) is 0 Å². The number of nitrogens with zero attached hydrogens (tertiary/aromatic N) is 1. The van der Waals surface area contributed by atoms with E-state index in [4.69, 9.17) is 5.73 Å². The number of aliphatic hydroxyl groups excluding tert-OH is 2. The SMILES string of the molecule is C=C/C=C\C(C)C(CC(N)=O)C(C)C(O)C(C)C/C(C)=C\C(C)C(O)C(C)/C=C\C(=O)Cc1ccccn1. The van der Waals surface area contributed by atoms with Crippen LogP contribution >= 0.6 is 0 Å². The fourth-order valence-electron chi connectivity index (χ4n) is 5.09. The highest BCUT2D eigenvalue weighted by Gasteiger charge is 2.32. The molecule has 6 heteroatoms. The summed E-state index contributed by atoms with van der Waals surface area (Å²) in [7, 11) is 0. The van der Waals surface area contributed by atoms with E-state index in [9.17, 15) is 19.8 Å². The lowest BCUT2D eigenvalue weighted by atomic mass is 9.74. The standard InChI is InChI=1S/C32H48N2O4/c1-8-9-12-22(3)29(20-30(33)36)26(7)32(38)25(6)18-21(2)17-24(5)31(37)23(4)14-15-28(35)19-27-13-10-11-16-34-27/h8-17,22-26,29,31-32,37-38H,1,18-20H2,2-7H3,(H2,33,36)/b12-9-,15-14-,21-17-. The molecule has 0 saturated heterocycles. The number of aliphatic hydroxyl groups is 2. The number of carbonyl (C=O) groups excluding carboxylic acids is 2. The van der Waals surface area contributed by atoms with Crippen LogP contribution in [0.5, 0.6) is 0 Å². The van der Waals surface area contributed by atoms with E-state index in [-0.39, 0.29) is 60.0 Å². The lowest BCUT2D eigenvalue weighted by molar-refractivity contribution is -0.120. The van der Waals surface area contributed by atoms with Crippen LogP contribution in [0.2, 0.25) is 0 Å². The number of nitrogens with two attached hydrogens (primary N) is 1. The highest BCUT2D eigenvalue weighted by molar-refractivity contribution is 5.91. The van der Waals surface area contributed by atoms with Gasteiger partial charge < -0.3 is 15.9 Å². The van der Waals surface area contributed by atoms with E-state index in [0.717, 1.165) is 11.3 Å². The van der Waals surface area contributed by atoms with Crippen molar-refractivity contribution < 1.29 is 19.8 Å². The molecule has 210 valence electrons. The number of aromatic nitrogens is 1. The molecule has 38 heavy (non-hydrogen) atoms. The number of hydrogen-bond acceptors (Lipinski definition) is 5. The van der Waals surface area contributed by atoms with Crippen LogP contribution in [0, 0.1) is 35.5 Å². The van der Waals surface area contributed by atoms with Gasteiger partial charge >= 0.3 is 0 Å². The number of primary amides is 1. The van der Waals surface area contributed by atoms with Crippen LogP contribution in [0.3, 0.4) is 0 Å². The first kappa shape index (κ1) is 33.2. The molecule has 8 unspecified atom stereocenters. The number of rotatable bonds is 17. The van der Waals surface area contributed by atoms with Crippen molar-refractivity contribution in [1.82, 2.24) is 4.98 Å². The zero-order chi connectivity index (χ0) is 28.8. The summed E-state index contributed by atoms with van der Waals surface area (Å²) in [6, 6.07) is 5.48. The van der Waals surface area contributed by atoms with Crippen molar-refractivity contribution in [2.45, 2.75) is 73.0 Å². The Labute approximate surface area is 229 Å². The number of carbonyl (C=O) groups is 2. The number of ketones is 1. The molecule has 1 aromatic heterocycles. The minimum atomic E-state index is -0.652. The molecule has 1 rings (SSSR count). The average Bonchev–Trinajstić information content (AvgIpc) is 2.87. The summed E-state index contributed by atoms with van der Waals surface area (Å²) in [6.07, 6.45) is 12.4. The maximum Gasteiger partial charge on any atom is 0.217 e. The Hall–Kier alpha value is -2.83. The number of hydrogen-bond donors (Lipinski definition) is 3. The first-order chi connectivity index (χ1) is 17.9. The predicted molar refractivity (Wildman–Crippen MR) is 155 cm³/mol. The molecule has 1 heterocycles. The summed E-state index contributed by atoms with van der Waals surface area (Å²) in [5.41, 5.74) is 7.30. The van der Waals surface area contributed by atoms with Crippen LogP contribution in [-0.4, -0.2) is 39.1 Å². The first-order valence-electron chi connectivity index (χ1n) is 13.6. The van der Waals surface area contributed by atoms with Gasteiger partial charge in [0.25, 0.3) is 0 Å². The van der Waals surface area contributed by atoms with Crippen molar-refractivity contribution in [2.75, 3.05) is 0 Å². The highest BCUT2D eigenvalue weighted by Crippen LogP contribution is 2.33. The lowest BCUT2D eigenvalue weighted by Gasteiger charge is -2.34. The van der Waals surface area contributed by atoms with E-state index < -0.39 is 12.2 Å². The van der Waals surface area contributed by atoms with Crippen molar-refractivity contribution >= 4 is 11.7 Å². The van der Waals surface area contributed by atoms with Crippen LogP contribution in [0.15, 0.2) is 73.0 Å². The quantitative estimate of drug-likeness (QED) is 0.147. The van der Waals surface area contributed by atoms with Gasteiger partial charge in [-0.05, 0) is 55.2 Å². The molecule has 0 aliphatic carbocycles. The van der Waals surface area contributed by atoms with E-state index in [1.807, 2.05) is 78.0 Å². The van der Waals surface area contributed by atoms with Crippen LogP contribution in [0.25, 0.3) is 0 Å². The molecule has 0 aliphatic rings. The summed E-state index contributed by atoms with van der Waals surface area (Å²) in [6.45, 7) is 15.6. The van der Waals surface area contributed by atoms with E-state index in [1.165, 1.54) is 6.08 Å². The molecule has 0 fully saturated rings. The Bertz CT molecular complexity index is 969. The highest BCUT2D eigenvalue weighted by atomic mass is 16.3. The zero-order valence-corrected chi connectivity index (χ0v) is 24.0. The minimum Gasteiger partial charge on any atom is -0.393 e. The monoisotopic (exact) mass is 524 g/mol. The lowest BCUT2D eigenvalue weighted by Crippen LogP contribution is -2.36. The van der Waals surface area contributed by atoms with Gasteiger partial charge in [-0.1, -0.05) is 83.2 Å². The molecule has 6 nitrogen and oxygen atoms in total. The van der Waals surface area contributed by atoms with Crippen molar-refractivity contribution in [3.05, 3.63) is 78.7 Å². The third-order valence-corrected chi connectivity index (χ3v) is 7.40. The van der Waals surface area contributed by atoms with Crippen molar-refractivity contribution in [3.8, 4) is 0 Å². The van der Waals surface area contributed by atoms with Gasteiger partial charge in [-0.2, -0.15) is 0 Å². The summed E-state index contributed by atoms with van der Waals surface area (Å²) < 4.78 is 0. The van der Waals surface area contributed by atoms with Gasteiger partial charge in [-0.15, -0.1) is 0 Å². The Kier molecular flexibility index (Phi) is 14.8. The van der Waals surface area contributed by atoms with Crippen molar-refractivity contribution in [1.29, 1.82) is 0 Å². The molecule has 1 amide bonds. The molecule has 0 spiro atoms. The van der Waals surface area contributed by atoms with E-state index in [0.29, 0.717) is 6.42 Å². The third kappa shape index (κ3) is 11.7. The fourth-order valence-corrected chi connectivity index (χ4v) is 5.09. The summed E-state index contributed by atoms with van der Waals surface area (Å²) in [5.74, 6) is -0.958. The summed E-state index contributed by atoms with van der Waals surface area (Å²) in [5, 5.41) is 22.0. The van der Waals surface area contributed by atoms with Crippen LogP contribution in [0.4, 0.5) is 0 Å². The maximum absolute atomic E-state index is 12.3. The zero-order valence-electron chi connectivity index (χ0n) is 24.0. The average molecular weight is 525 g/mol. The van der Waals surface area contributed by atoms with Crippen LogP contribution in [0.1, 0.15) is 60.1 Å². The molecule has 0 aromatic carbocycles. The molecule has 8 atom stereocenters. The van der Waals surface area contributed by atoms with E-state index in [1.54, 1.807) is 18.3 Å². The second kappa shape index (κ2) is 16.9. The molecule has 0 bridgehead atoms. The molecule has 0 radical (unpaired) electrons. The topological polar surface area (TPSA) is 114 Å². The molecule has 4 N–H and O–H groups in total. The molecular formula is C32H48N2O4. The molecule has 1 aromatic rings. The van der Waals surface area contributed by atoms with Crippen molar-refractivity contribution in [3.63, 3.8) is 0 Å². The second-order valence-corrected chi connectivity index (χ2v) is 10.9. The Morgan fingerprint density at radius 2 is 1.68 bits per heavy atom. The molecule has 0 aliphatic heterocycles. The first-order valence-corrected chi connectivity index (χ1v) is 13.6. The van der Waals surface area contributed by atoms with Gasteiger partial charge in [-0.3, -0.25) is 14.6 Å². The molecule has 0 saturated carbocycles. The summed E-state index contributed by atoms with van der Waals surface area (Å²) in [4.78, 5) is 28.1. The predicted octanol–water partition coefficient (Wildman–Crippen LogP) is 5.22. The van der Waals surface area contributed by atoms with E-state index in [2.05, 4.69) is 11.6 Å². The minimum absolute atomic E-state index is 0.0434. The largest absolute Gasteiger partial charge is 0.393 e. The Morgan fingerprint density at radius 3 is 2.26 bits per heavy atom. The Balaban J connectivity index is 2.75. The number of allylic oxidation sites excluding steroid dienone is 5. The maximum atomic E-state index is 12.3. The van der Waals surface area contributed by atoms with Gasteiger partial charge in [0, 0.05) is 30.1 Å². The van der Waals surface area contributed by atoms with Gasteiger partial charge in [-0.25, -0.2) is 0 Å². The van der Waals surface area contributed by atoms with Gasteiger partial charge in [0.2, 0.25) is 5.91 Å². The van der Waals surface area contributed by atoms with Crippen molar-refractivity contribution in [2.24, 2.45) is 41.2 Å². The third-order valence-electron chi connectivity index (χ3n) is 7.40. The Morgan fingerprint density at radius 1 is 1.00 bits per heavy atom. The van der Waals surface area contributed by atoms with E-state index >= 15 is 0 Å².